The summed E-state index contributed by atoms with van der Waals surface area (Å²) in [5, 5.41) is 3.58. The van der Waals surface area contributed by atoms with Crippen molar-refractivity contribution in [1.82, 2.24) is 5.32 Å². The first-order valence-electron chi connectivity index (χ1n) is 15.3. The lowest BCUT2D eigenvalue weighted by atomic mass is 9.85. The molecule has 0 aromatic heterocycles. The second-order valence-corrected chi connectivity index (χ2v) is 11.4. The van der Waals surface area contributed by atoms with E-state index in [0.717, 1.165) is 94.4 Å². The Morgan fingerprint density at radius 1 is 0.929 bits per heavy atom. The normalized spacial score (nSPS) is 23.7. The van der Waals surface area contributed by atoms with Gasteiger partial charge in [0, 0.05) is 66.2 Å². The smallest absolute Gasteiger partial charge is 0.142 e. The van der Waals surface area contributed by atoms with E-state index >= 15 is 0 Å². The number of nitrogens with one attached hydrogen (secondary N) is 1. The van der Waals surface area contributed by atoms with Crippen molar-refractivity contribution >= 4 is 5.69 Å². The number of benzene rings is 2. The van der Waals surface area contributed by atoms with Crippen molar-refractivity contribution in [2.45, 2.75) is 56.0 Å². The number of ether oxygens (including phenoxy) is 7. The van der Waals surface area contributed by atoms with Gasteiger partial charge in [-0.2, -0.15) is 0 Å². The molecule has 9 nitrogen and oxygen atoms in total. The fourth-order valence-corrected chi connectivity index (χ4v) is 6.38. The first kappa shape index (κ1) is 31.0. The average Bonchev–Trinajstić information content (AvgIpc) is 3.04. The summed E-state index contributed by atoms with van der Waals surface area (Å²) in [5.74, 6) is 1.86. The van der Waals surface area contributed by atoms with E-state index in [2.05, 4.69) is 40.5 Å². The van der Waals surface area contributed by atoms with Gasteiger partial charge in [-0.3, -0.25) is 0 Å². The van der Waals surface area contributed by atoms with Crippen LogP contribution in [-0.2, 0) is 30.3 Å². The molecule has 5 rings (SSSR count). The van der Waals surface area contributed by atoms with Gasteiger partial charge in [0.05, 0.1) is 43.8 Å². The molecule has 0 spiro atoms. The van der Waals surface area contributed by atoms with E-state index in [0.29, 0.717) is 19.8 Å². The number of fused-ring (bicyclic) bond motifs is 1. The Morgan fingerprint density at radius 2 is 1.71 bits per heavy atom. The predicted molar refractivity (Wildman–Crippen MR) is 162 cm³/mol. The van der Waals surface area contributed by atoms with Crippen LogP contribution in [0.3, 0.4) is 0 Å². The zero-order valence-electron chi connectivity index (χ0n) is 25.5. The maximum Gasteiger partial charge on any atom is 0.142 e. The summed E-state index contributed by atoms with van der Waals surface area (Å²) in [6, 6.07) is 14.7. The number of methoxy groups -OCH3 is 3. The number of piperidine rings is 1. The first-order chi connectivity index (χ1) is 20.6. The minimum Gasteiger partial charge on any atom is -0.497 e. The highest BCUT2D eigenvalue weighted by Crippen LogP contribution is 2.36. The van der Waals surface area contributed by atoms with Crippen molar-refractivity contribution in [2.24, 2.45) is 0 Å². The average molecular weight is 585 g/mol. The topological polar surface area (TPSA) is 79.9 Å². The van der Waals surface area contributed by atoms with Crippen LogP contribution >= 0.6 is 0 Å². The Labute approximate surface area is 250 Å². The van der Waals surface area contributed by atoms with E-state index < -0.39 is 0 Å². The Bertz CT molecular complexity index is 1090. The van der Waals surface area contributed by atoms with Gasteiger partial charge >= 0.3 is 0 Å². The lowest BCUT2D eigenvalue weighted by Crippen LogP contribution is -2.51. The number of anilines is 1. The molecule has 2 aromatic carbocycles. The molecule has 2 saturated heterocycles. The number of rotatable bonds is 14. The highest BCUT2D eigenvalue weighted by molar-refractivity contribution is 5.61. The molecule has 0 bridgehead atoms. The van der Waals surface area contributed by atoms with E-state index in [1.807, 2.05) is 19.2 Å². The van der Waals surface area contributed by atoms with Gasteiger partial charge in [-0.05, 0) is 61.1 Å². The van der Waals surface area contributed by atoms with Crippen molar-refractivity contribution in [2.75, 3.05) is 85.4 Å². The molecule has 9 heteroatoms. The van der Waals surface area contributed by atoms with Gasteiger partial charge in [-0.1, -0.05) is 18.2 Å². The van der Waals surface area contributed by atoms with Crippen LogP contribution in [0.2, 0.25) is 0 Å². The van der Waals surface area contributed by atoms with Crippen molar-refractivity contribution in [3.8, 4) is 11.5 Å². The Balaban J connectivity index is 1.28. The fourth-order valence-electron chi connectivity index (χ4n) is 6.38. The van der Waals surface area contributed by atoms with E-state index in [4.69, 9.17) is 33.2 Å². The number of nitrogens with zero attached hydrogens (tertiary/aromatic N) is 1. The Morgan fingerprint density at radius 3 is 2.45 bits per heavy atom. The SMILES string of the molecule is COCCCN1CCOc2ccc(CO[C@H]3CNCC(OCCC4(OC)CCOCC4)C3c3ccc(OC)cc3)cc21. The van der Waals surface area contributed by atoms with Crippen molar-refractivity contribution in [3.63, 3.8) is 0 Å². The molecule has 3 heterocycles. The molecule has 2 fully saturated rings. The van der Waals surface area contributed by atoms with Crippen LogP contribution in [0.5, 0.6) is 11.5 Å². The molecule has 232 valence electrons. The lowest BCUT2D eigenvalue weighted by Gasteiger charge is -2.40. The molecule has 2 unspecified atom stereocenters. The zero-order valence-corrected chi connectivity index (χ0v) is 25.5. The molecule has 3 atom stereocenters. The first-order valence-corrected chi connectivity index (χ1v) is 15.3. The summed E-state index contributed by atoms with van der Waals surface area (Å²) in [4.78, 5) is 2.39. The molecule has 2 aromatic rings. The highest BCUT2D eigenvalue weighted by Gasteiger charge is 2.38. The van der Waals surface area contributed by atoms with Crippen LogP contribution in [0, 0.1) is 0 Å². The van der Waals surface area contributed by atoms with Gasteiger partial charge in [-0.25, -0.2) is 0 Å². The van der Waals surface area contributed by atoms with E-state index in [-0.39, 0.29) is 23.7 Å². The second kappa shape index (κ2) is 15.4. The van der Waals surface area contributed by atoms with Crippen LogP contribution in [0.4, 0.5) is 5.69 Å². The van der Waals surface area contributed by atoms with Crippen LogP contribution < -0.4 is 19.7 Å². The predicted octanol–water partition coefficient (Wildman–Crippen LogP) is 4.17. The molecule has 42 heavy (non-hydrogen) atoms. The van der Waals surface area contributed by atoms with Crippen LogP contribution in [0.15, 0.2) is 42.5 Å². The Kier molecular flexibility index (Phi) is 11.4. The quantitative estimate of drug-likeness (QED) is 0.329. The van der Waals surface area contributed by atoms with Crippen molar-refractivity contribution < 1.29 is 33.2 Å². The molecule has 3 aliphatic rings. The molecule has 0 saturated carbocycles. The molecule has 3 aliphatic heterocycles. The van der Waals surface area contributed by atoms with Crippen molar-refractivity contribution in [1.29, 1.82) is 0 Å². The standard InChI is InChI=1S/C33H48N2O7/c1-36-16-4-14-35-15-20-41-29-10-5-25(21-28(29)35)24-42-31-23-34-22-30(32(31)26-6-8-27(37-2)9-7-26)40-19-13-33(38-3)11-17-39-18-12-33/h5-10,21,30-32,34H,4,11-20,22-24H2,1-3H3/t30?,31-,32?/m0/s1. The maximum atomic E-state index is 6.69. The third-order valence-electron chi connectivity index (χ3n) is 8.94. The molecule has 1 N–H and O–H groups in total. The maximum absolute atomic E-state index is 6.69. The summed E-state index contributed by atoms with van der Waals surface area (Å²) >= 11 is 0. The van der Waals surface area contributed by atoms with Crippen molar-refractivity contribution in [3.05, 3.63) is 53.6 Å². The molecular formula is C33H48N2O7. The van der Waals surface area contributed by atoms with Gasteiger partial charge in [0.2, 0.25) is 0 Å². The van der Waals surface area contributed by atoms with Gasteiger partial charge in [-0.15, -0.1) is 0 Å². The van der Waals surface area contributed by atoms with E-state index in [9.17, 15) is 0 Å². The third-order valence-corrected chi connectivity index (χ3v) is 8.94. The molecule has 0 amide bonds. The van der Waals surface area contributed by atoms with Crippen LogP contribution in [-0.4, -0.2) is 98.4 Å². The van der Waals surface area contributed by atoms with E-state index in [1.54, 1.807) is 14.2 Å². The minimum atomic E-state index is -0.167. The van der Waals surface area contributed by atoms with Gasteiger partial charge < -0.3 is 43.4 Å². The third kappa shape index (κ3) is 7.75. The summed E-state index contributed by atoms with van der Waals surface area (Å²) in [6.45, 7) is 7.42. The van der Waals surface area contributed by atoms with E-state index in [1.165, 1.54) is 5.56 Å². The number of hydrogen-bond acceptors (Lipinski definition) is 9. The monoisotopic (exact) mass is 584 g/mol. The van der Waals surface area contributed by atoms with Gasteiger partial charge in [0.1, 0.15) is 18.1 Å². The molecule has 0 radical (unpaired) electrons. The minimum absolute atomic E-state index is 0.0286. The fraction of sp³-hybridized carbons (Fsp3) is 0.636. The van der Waals surface area contributed by atoms with Gasteiger partial charge in [0.15, 0.2) is 0 Å². The lowest BCUT2D eigenvalue weighted by molar-refractivity contribution is -0.116. The number of hydrogen-bond donors (Lipinski definition) is 1. The summed E-state index contributed by atoms with van der Waals surface area (Å²) < 4.78 is 41.5. The summed E-state index contributed by atoms with van der Waals surface area (Å²) in [5.41, 5.74) is 3.30. The highest BCUT2D eigenvalue weighted by atomic mass is 16.5. The zero-order chi connectivity index (χ0) is 29.2. The molecule has 0 aliphatic carbocycles. The largest absolute Gasteiger partial charge is 0.497 e. The van der Waals surface area contributed by atoms with Gasteiger partial charge in [0.25, 0.3) is 0 Å². The van der Waals surface area contributed by atoms with Crippen LogP contribution in [0.25, 0.3) is 0 Å². The molecular weight excluding hydrogens is 536 g/mol. The van der Waals surface area contributed by atoms with Crippen LogP contribution in [0.1, 0.15) is 42.7 Å². The second-order valence-electron chi connectivity index (χ2n) is 11.4. The summed E-state index contributed by atoms with van der Waals surface area (Å²) in [7, 11) is 5.25. The Hall–Kier alpha value is -2.40. The summed E-state index contributed by atoms with van der Waals surface area (Å²) in [6.07, 6.45) is 3.55.